The Balaban J connectivity index is 2.35. The van der Waals surface area contributed by atoms with E-state index in [-0.39, 0.29) is 11.3 Å². The molecular weight excluding hydrogens is 259 g/mol. The summed E-state index contributed by atoms with van der Waals surface area (Å²) in [6.07, 6.45) is 0. The molecule has 2 aromatic rings. The maximum absolute atomic E-state index is 13.5. The normalized spacial score (nSPS) is 9.85. The van der Waals surface area contributed by atoms with Gasteiger partial charge in [-0.15, -0.1) is 0 Å². The van der Waals surface area contributed by atoms with E-state index in [1.165, 1.54) is 18.2 Å². The third-order valence-corrected chi connectivity index (χ3v) is 2.53. The van der Waals surface area contributed by atoms with Crippen molar-refractivity contribution in [1.29, 1.82) is 5.26 Å². The summed E-state index contributed by atoms with van der Waals surface area (Å²) in [7, 11) is 0. The molecule has 2 aromatic carbocycles. The van der Waals surface area contributed by atoms with E-state index in [4.69, 9.17) is 20.5 Å². The van der Waals surface area contributed by atoms with E-state index >= 15 is 0 Å². The fraction of sp³-hybridized carbons (Fsp3) is 0.133. The van der Waals surface area contributed by atoms with Gasteiger partial charge in [0.05, 0.1) is 6.61 Å². The minimum atomic E-state index is -0.626. The summed E-state index contributed by atoms with van der Waals surface area (Å²) in [6, 6.07) is 10.8. The SMILES string of the molecule is CCOc1cc(N)cc(Oc2cccc(F)c2C#N)c1. The van der Waals surface area contributed by atoms with Crippen LogP contribution in [0.2, 0.25) is 0 Å². The van der Waals surface area contributed by atoms with Crippen molar-refractivity contribution in [1.82, 2.24) is 0 Å². The van der Waals surface area contributed by atoms with Gasteiger partial charge in [-0.1, -0.05) is 6.07 Å². The monoisotopic (exact) mass is 272 g/mol. The highest BCUT2D eigenvalue weighted by Crippen LogP contribution is 2.31. The predicted molar refractivity (Wildman–Crippen MR) is 73.2 cm³/mol. The molecule has 0 aliphatic carbocycles. The van der Waals surface area contributed by atoms with Gasteiger partial charge in [-0.3, -0.25) is 0 Å². The standard InChI is InChI=1S/C15H13FN2O2/c1-2-19-11-6-10(18)7-12(8-11)20-15-5-3-4-14(16)13(15)9-17/h3-8H,2,18H2,1H3. The highest BCUT2D eigenvalue weighted by atomic mass is 19.1. The number of rotatable bonds is 4. The second-order valence-electron chi connectivity index (χ2n) is 4.00. The first kappa shape index (κ1) is 13.7. The van der Waals surface area contributed by atoms with E-state index in [9.17, 15) is 4.39 Å². The van der Waals surface area contributed by atoms with Crippen LogP contribution in [0.3, 0.4) is 0 Å². The van der Waals surface area contributed by atoms with Crippen molar-refractivity contribution in [3.05, 3.63) is 47.8 Å². The summed E-state index contributed by atoms with van der Waals surface area (Å²) in [5, 5.41) is 8.95. The van der Waals surface area contributed by atoms with Gasteiger partial charge in [0.1, 0.15) is 34.7 Å². The molecule has 0 amide bonds. The van der Waals surface area contributed by atoms with Crippen LogP contribution in [0.4, 0.5) is 10.1 Å². The highest BCUT2D eigenvalue weighted by molar-refractivity contribution is 5.53. The molecule has 0 unspecified atom stereocenters. The van der Waals surface area contributed by atoms with Crippen LogP contribution in [0, 0.1) is 17.1 Å². The smallest absolute Gasteiger partial charge is 0.148 e. The van der Waals surface area contributed by atoms with E-state index in [0.717, 1.165) is 0 Å². The average molecular weight is 272 g/mol. The molecule has 0 aliphatic heterocycles. The zero-order valence-corrected chi connectivity index (χ0v) is 10.9. The molecule has 5 heteroatoms. The molecule has 0 atom stereocenters. The molecule has 2 rings (SSSR count). The Hall–Kier alpha value is -2.74. The summed E-state index contributed by atoms with van der Waals surface area (Å²) in [6.45, 7) is 2.34. The fourth-order valence-electron chi connectivity index (χ4n) is 1.73. The Labute approximate surface area is 116 Å². The second kappa shape index (κ2) is 5.93. The van der Waals surface area contributed by atoms with Gasteiger partial charge in [-0.2, -0.15) is 5.26 Å². The van der Waals surface area contributed by atoms with Crippen molar-refractivity contribution in [3.63, 3.8) is 0 Å². The molecule has 0 heterocycles. The van der Waals surface area contributed by atoms with Crippen LogP contribution in [0.25, 0.3) is 0 Å². The molecule has 0 radical (unpaired) electrons. The van der Waals surface area contributed by atoms with E-state index < -0.39 is 5.82 Å². The molecule has 0 saturated heterocycles. The van der Waals surface area contributed by atoms with Gasteiger partial charge >= 0.3 is 0 Å². The predicted octanol–water partition coefficient (Wildman–Crippen LogP) is 3.47. The summed E-state index contributed by atoms with van der Waals surface area (Å²) < 4.78 is 24.4. The molecule has 0 spiro atoms. The number of ether oxygens (including phenoxy) is 2. The minimum Gasteiger partial charge on any atom is -0.494 e. The molecule has 0 fully saturated rings. The summed E-state index contributed by atoms with van der Waals surface area (Å²) in [5.74, 6) is 0.451. The van der Waals surface area contributed by atoms with Gasteiger partial charge in [0, 0.05) is 23.9 Å². The number of anilines is 1. The topological polar surface area (TPSA) is 68.3 Å². The van der Waals surface area contributed by atoms with E-state index in [1.807, 2.05) is 6.92 Å². The first-order chi connectivity index (χ1) is 9.63. The summed E-state index contributed by atoms with van der Waals surface area (Å²) >= 11 is 0. The van der Waals surface area contributed by atoms with Crippen molar-refractivity contribution in [2.75, 3.05) is 12.3 Å². The molecule has 2 N–H and O–H groups in total. The number of halogens is 1. The average Bonchev–Trinajstić information content (AvgIpc) is 2.38. The number of nitrogens with zero attached hydrogens (tertiary/aromatic N) is 1. The van der Waals surface area contributed by atoms with Crippen LogP contribution in [0.5, 0.6) is 17.2 Å². The van der Waals surface area contributed by atoms with E-state index in [0.29, 0.717) is 23.8 Å². The van der Waals surface area contributed by atoms with Crippen LogP contribution < -0.4 is 15.2 Å². The minimum absolute atomic E-state index is 0.139. The van der Waals surface area contributed by atoms with Crippen LogP contribution in [0.1, 0.15) is 12.5 Å². The van der Waals surface area contributed by atoms with Crippen LogP contribution in [0.15, 0.2) is 36.4 Å². The van der Waals surface area contributed by atoms with E-state index in [2.05, 4.69) is 0 Å². The van der Waals surface area contributed by atoms with Crippen molar-refractivity contribution in [2.24, 2.45) is 0 Å². The molecule has 0 aliphatic rings. The lowest BCUT2D eigenvalue weighted by Gasteiger charge is -2.10. The highest BCUT2D eigenvalue weighted by Gasteiger charge is 2.10. The third kappa shape index (κ3) is 2.98. The Bertz CT molecular complexity index is 665. The van der Waals surface area contributed by atoms with Gasteiger partial charge in [-0.25, -0.2) is 4.39 Å². The molecule has 20 heavy (non-hydrogen) atoms. The maximum atomic E-state index is 13.5. The van der Waals surface area contributed by atoms with Crippen molar-refractivity contribution >= 4 is 5.69 Å². The number of nitriles is 1. The molecule has 0 saturated carbocycles. The van der Waals surface area contributed by atoms with Crippen LogP contribution >= 0.6 is 0 Å². The summed E-state index contributed by atoms with van der Waals surface area (Å²) in [5.41, 5.74) is 6.06. The quantitative estimate of drug-likeness (QED) is 0.865. The largest absolute Gasteiger partial charge is 0.494 e. The first-order valence-corrected chi connectivity index (χ1v) is 6.04. The lowest BCUT2D eigenvalue weighted by molar-refractivity contribution is 0.338. The van der Waals surface area contributed by atoms with Gasteiger partial charge in [0.25, 0.3) is 0 Å². The molecule has 102 valence electrons. The first-order valence-electron chi connectivity index (χ1n) is 6.04. The van der Waals surface area contributed by atoms with Gasteiger partial charge in [0.15, 0.2) is 0 Å². The number of nitrogen functional groups attached to an aromatic ring is 1. The van der Waals surface area contributed by atoms with Gasteiger partial charge in [0.2, 0.25) is 0 Å². The fourth-order valence-corrected chi connectivity index (χ4v) is 1.73. The van der Waals surface area contributed by atoms with Crippen molar-refractivity contribution in [2.45, 2.75) is 6.92 Å². The van der Waals surface area contributed by atoms with Crippen LogP contribution in [-0.4, -0.2) is 6.61 Å². The Kier molecular flexibility index (Phi) is 4.06. The third-order valence-electron chi connectivity index (χ3n) is 2.53. The number of hydrogen-bond acceptors (Lipinski definition) is 4. The Morgan fingerprint density at radius 2 is 2.00 bits per heavy atom. The number of nitrogens with two attached hydrogens (primary N) is 1. The molecular formula is C15H13FN2O2. The van der Waals surface area contributed by atoms with Crippen LogP contribution in [-0.2, 0) is 0 Å². The maximum Gasteiger partial charge on any atom is 0.148 e. The number of hydrogen-bond donors (Lipinski definition) is 1. The zero-order valence-electron chi connectivity index (χ0n) is 10.9. The van der Waals surface area contributed by atoms with Gasteiger partial charge < -0.3 is 15.2 Å². The second-order valence-corrected chi connectivity index (χ2v) is 4.00. The molecule has 0 bridgehead atoms. The lowest BCUT2D eigenvalue weighted by Crippen LogP contribution is -1.96. The Morgan fingerprint density at radius 1 is 1.25 bits per heavy atom. The zero-order chi connectivity index (χ0) is 14.5. The molecule has 4 nitrogen and oxygen atoms in total. The number of benzene rings is 2. The lowest BCUT2D eigenvalue weighted by atomic mass is 10.2. The van der Waals surface area contributed by atoms with E-state index in [1.54, 1.807) is 24.3 Å². The Morgan fingerprint density at radius 3 is 2.70 bits per heavy atom. The van der Waals surface area contributed by atoms with Crippen molar-refractivity contribution in [3.8, 4) is 23.3 Å². The van der Waals surface area contributed by atoms with Gasteiger partial charge in [-0.05, 0) is 19.1 Å². The summed E-state index contributed by atoms with van der Waals surface area (Å²) in [4.78, 5) is 0. The van der Waals surface area contributed by atoms with Crippen molar-refractivity contribution < 1.29 is 13.9 Å². The molecule has 0 aromatic heterocycles.